The van der Waals surface area contributed by atoms with Crippen LogP contribution in [0.4, 0.5) is 0 Å². The molecular weight excluding hydrogens is 378 g/mol. The maximum atomic E-state index is 12.3. The van der Waals surface area contributed by atoms with Crippen molar-refractivity contribution in [1.82, 2.24) is 5.32 Å². The van der Waals surface area contributed by atoms with Crippen LogP contribution in [0, 0.1) is 58.2 Å². The SMILES string of the molecule is CNC(=O)C1CCC2(C)C(CCC3C2CCC2(C)C(C(C)CCCC(C)C)CCC32)C1. The molecule has 0 bridgehead atoms. The second kappa shape index (κ2) is 9.02. The van der Waals surface area contributed by atoms with Crippen LogP contribution in [0.3, 0.4) is 0 Å². The Bertz CT molecular complexity index is 643. The van der Waals surface area contributed by atoms with Gasteiger partial charge in [-0.25, -0.2) is 0 Å². The van der Waals surface area contributed by atoms with Gasteiger partial charge in [-0.3, -0.25) is 4.79 Å². The van der Waals surface area contributed by atoms with Gasteiger partial charge in [0, 0.05) is 13.0 Å². The molecule has 2 heteroatoms. The summed E-state index contributed by atoms with van der Waals surface area (Å²) in [6, 6.07) is 0. The fourth-order valence-electron chi connectivity index (χ4n) is 9.72. The summed E-state index contributed by atoms with van der Waals surface area (Å²) in [5.41, 5.74) is 1.09. The largest absolute Gasteiger partial charge is 0.359 e. The number of rotatable bonds is 6. The van der Waals surface area contributed by atoms with Gasteiger partial charge in [0.1, 0.15) is 0 Å². The van der Waals surface area contributed by atoms with Crippen LogP contribution >= 0.6 is 0 Å². The molecule has 4 saturated carbocycles. The summed E-state index contributed by atoms with van der Waals surface area (Å²) < 4.78 is 0. The quantitative estimate of drug-likeness (QED) is 0.466. The summed E-state index contributed by atoms with van der Waals surface area (Å²) in [5, 5.41) is 2.93. The first-order valence-electron chi connectivity index (χ1n) is 13.9. The van der Waals surface area contributed by atoms with Crippen LogP contribution in [0.2, 0.25) is 0 Å². The van der Waals surface area contributed by atoms with Crippen molar-refractivity contribution < 1.29 is 4.79 Å². The van der Waals surface area contributed by atoms with Gasteiger partial charge in [-0.2, -0.15) is 0 Å². The maximum absolute atomic E-state index is 12.3. The van der Waals surface area contributed by atoms with Gasteiger partial charge >= 0.3 is 0 Å². The first-order chi connectivity index (χ1) is 14.7. The summed E-state index contributed by atoms with van der Waals surface area (Å²) in [6.07, 6.45) is 16.6. The first kappa shape index (κ1) is 23.6. The monoisotopic (exact) mass is 429 g/mol. The molecule has 1 N–H and O–H groups in total. The predicted molar refractivity (Wildman–Crippen MR) is 131 cm³/mol. The van der Waals surface area contributed by atoms with Gasteiger partial charge in [-0.05, 0) is 110 Å². The Hall–Kier alpha value is -0.530. The number of nitrogens with one attached hydrogen (secondary N) is 1. The molecule has 0 aliphatic heterocycles. The third-order valence-corrected chi connectivity index (χ3v) is 11.5. The normalized spacial score (nSPS) is 45.5. The summed E-state index contributed by atoms with van der Waals surface area (Å²) in [6.45, 7) is 12.7. The Morgan fingerprint density at radius 3 is 2.32 bits per heavy atom. The molecule has 31 heavy (non-hydrogen) atoms. The van der Waals surface area contributed by atoms with Crippen molar-refractivity contribution in [2.75, 3.05) is 7.05 Å². The van der Waals surface area contributed by atoms with Gasteiger partial charge in [0.05, 0.1) is 0 Å². The zero-order chi connectivity index (χ0) is 22.4. The Morgan fingerprint density at radius 1 is 0.903 bits per heavy atom. The number of fused-ring (bicyclic) bond motifs is 5. The number of hydrogen-bond acceptors (Lipinski definition) is 1. The van der Waals surface area contributed by atoms with Crippen molar-refractivity contribution in [3.05, 3.63) is 0 Å². The lowest BCUT2D eigenvalue weighted by Gasteiger charge is -2.61. The van der Waals surface area contributed by atoms with Crippen molar-refractivity contribution in [3.63, 3.8) is 0 Å². The highest BCUT2D eigenvalue weighted by atomic mass is 16.1. The lowest BCUT2D eigenvalue weighted by Crippen LogP contribution is -2.54. The van der Waals surface area contributed by atoms with Gasteiger partial charge in [-0.15, -0.1) is 0 Å². The Morgan fingerprint density at radius 2 is 1.61 bits per heavy atom. The summed E-state index contributed by atoms with van der Waals surface area (Å²) in [5.74, 6) is 6.92. The number of amides is 1. The van der Waals surface area contributed by atoms with E-state index >= 15 is 0 Å². The van der Waals surface area contributed by atoms with Crippen LogP contribution in [0.1, 0.15) is 112 Å². The van der Waals surface area contributed by atoms with Crippen molar-refractivity contribution in [3.8, 4) is 0 Å². The molecule has 4 aliphatic rings. The Labute approximate surface area is 193 Å². The van der Waals surface area contributed by atoms with E-state index < -0.39 is 0 Å². The third kappa shape index (κ3) is 4.12. The molecule has 178 valence electrons. The van der Waals surface area contributed by atoms with Gasteiger partial charge in [0.25, 0.3) is 0 Å². The molecule has 4 fully saturated rings. The van der Waals surface area contributed by atoms with Crippen molar-refractivity contribution in [2.45, 2.75) is 112 Å². The lowest BCUT2D eigenvalue weighted by molar-refractivity contribution is -0.138. The standard InChI is InChI=1S/C29H51NO/c1-19(2)8-7-9-20(3)24-12-13-25-23-11-10-22-18-21(27(31)30-6)14-16-28(22,4)26(23)15-17-29(24,25)5/h19-26H,7-18H2,1-6H3,(H,30,31). The molecule has 1 amide bonds. The number of hydrogen-bond donors (Lipinski definition) is 1. The third-order valence-electron chi connectivity index (χ3n) is 11.5. The van der Waals surface area contributed by atoms with Crippen LogP contribution in [0.5, 0.6) is 0 Å². The summed E-state index contributed by atoms with van der Waals surface area (Å²) >= 11 is 0. The molecule has 0 heterocycles. The molecular formula is C29H51NO. The highest BCUT2D eigenvalue weighted by Crippen LogP contribution is 2.68. The molecule has 9 atom stereocenters. The van der Waals surface area contributed by atoms with E-state index in [-0.39, 0.29) is 5.92 Å². The second-order valence-corrected chi connectivity index (χ2v) is 13.3. The van der Waals surface area contributed by atoms with E-state index in [1.54, 1.807) is 0 Å². The van der Waals surface area contributed by atoms with Crippen LogP contribution in [-0.4, -0.2) is 13.0 Å². The van der Waals surface area contributed by atoms with E-state index in [0.717, 1.165) is 54.3 Å². The number of carbonyl (C=O) groups excluding carboxylic acids is 1. The molecule has 0 aromatic carbocycles. The lowest BCUT2D eigenvalue weighted by atomic mass is 9.44. The minimum absolute atomic E-state index is 0.274. The van der Waals surface area contributed by atoms with E-state index in [1.165, 1.54) is 64.2 Å². The van der Waals surface area contributed by atoms with Gasteiger partial charge in [0.15, 0.2) is 0 Å². The summed E-state index contributed by atoms with van der Waals surface area (Å²) in [7, 11) is 1.81. The van der Waals surface area contributed by atoms with E-state index in [1.807, 2.05) is 7.05 Å². The van der Waals surface area contributed by atoms with E-state index in [2.05, 4.69) is 39.9 Å². The van der Waals surface area contributed by atoms with E-state index in [4.69, 9.17) is 0 Å². The van der Waals surface area contributed by atoms with Crippen molar-refractivity contribution >= 4 is 5.91 Å². The first-order valence-corrected chi connectivity index (χ1v) is 13.9. The smallest absolute Gasteiger partial charge is 0.222 e. The van der Waals surface area contributed by atoms with Crippen molar-refractivity contribution in [2.24, 2.45) is 58.2 Å². The van der Waals surface area contributed by atoms with Crippen molar-refractivity contribution in [1.29, 1.82) is 0 Å². The zero-order valence-electron chi connectivity index (χ0n) is 21.5. The molecule has 0 spiro atoms. The molecule has 4 aliphatic carbocycles. The molecule has 4 rings (SSSR count). The van der Waals surface area contributed by atoms with E-state index in [0.29, 0.717) is 16.7 Å². The minimum Gasteiger partial charge on any atom is -0.359 e. The molecule has 9 unspecified atom stereocenters. The minimum atomic E-state index is 0.274. The second-order valence-electron chi connectivity index (χ2n) is 13.3. The molecule has 2 nitrogen and oxygen atoms in total. The molecule has 0 aromatic heterocycles. The average molecular weight is 430 g/mol. The maximum Gasteiger partial charge on any atom is 0.222 e. The van der Waals surface area contributed by atoms with Crippen LogP contribution in [0.15, 0.2) is 0 Å². The average Bonchev–Trinajstić information content (AvgIpc) is 3.09. The van der Waals surface area contributed by atoms with Gasteiger partial charge in [0.2, 0.25) is 5.91 Å². The highest BCUT2D eigenvalue weighted by Gasteiger charge is 2.60. The number of carbonyl (C=O) groups is 1. The fourth-order valence-corrected chi connectivity index (χ4v) is 9.72. The highest BCUT2D eigenvalue weighted by molar-refractivity contribution is 5.78. The Kier molecular flexibility index (Phi) is 6.87. The van der Waals surface area contributed by atoms with Gasteiger partial charge < -0.3 is 5.32 Å². The summed E-state index contributed by atoms with van der Waals surface area (Å²) in [4.78, 5) is 12.3. The van der Waals surface area contributed by atoms with Crippen LogP contribution in [-0.2, 0) is 4.79 Å². The Balaban J connectivity index is 1.44. The molecule has 0 saturated heterocycles. The topological polar surface area (TPSA) is 29.1 Å². The van der Waals surface area contributed by atoms with E-state index in [9.17, 15) is 4.79 Å². The van der Waals surface area contributed by atoms with Crippen LogP contribution < -0.4 is 5.32 Å². The van der Waals surface area contributed by atoms with Crippen LogP contribution in [0.25, 0.3) is 0 Å². The zero-order valence-corrected chi connectivity index (χ0v) is 21.5. The fraction of sp³-hybridized carbons (Fsp3) is 0.966. The predicted octanol–water partition coefficient (Wildman–Crippen LogP) is 7.47. The molecule has 0 aromatic rings. The molecule has 0 radical (unpaired) electrons. The van der Waals surface area contributed by atoms with Gasteiger partial charge in [-0.1, -0.05) is 53.9 Å².